The van der Waals surface area contributed by atoms with Gasteiger partial charge >= 0.3 is 5.97 Å². The van der Waals surface area contributed by atoms with Crippen LogP contribution in [0, 0.1) is 0 Å². The third-order valence-corrected chi connectivity index (χ3v) is 5.89. The Hall–Kier alpha value is -3.26. The molecule has 1 amide bonds. The van der Waals surface area contributed by atoms with Crippen molar-refractivity contribution in [3.8, 4) is 11.3 Å². The van der Waals surface area contributed by atoms with Gasteiger partial charge in [-0.1, -0.05) is 23.4 Å². The number of amides is 1. The monoisotopic (exact) mass is 396 g/mol. The van der Waals surface area contributed by atoms with Crippen LogP contribution in [0.3, 0.4) is 0 Å². The van der Waals surface area contributed by atoms with Crippen molar-refractivity contribution in [1.82, 2.24) is 5.16 Å². The van der Waals surface area contributed by atoms with Crippen LogP contribution in [0.5, 0.6) is 0 Å². The lowest BCUT2D eigenvalue weighted by atomic mass is 9.89. The molecule has 1 aliphatic carbocycles. The molecular weight excluding hydrogens is 380 g/mol. The number of carboxylic acids is 1. The number of nitrogens with zero attached hydrogens (tertiary/aromatic N) is 2. The quantitative estimate of drug-likeness (QED) is 0.667. The summed E-state index contributed by atoms with van der Waals surface area (Å²) in [5, 5.41) is 14.0. The molecule has 8 heteroatoms. The van der Waals surface area contributed by atoms with Crippen LogP contribution in [0.2, 0.25) is 0 Å². The molecule has 4 rings (SSSR count). The van der Waals surface area contributed by atoms with E-state index in [2.05, 4.69) is 5.16 Å². The number of carbonyl (C=O) groups excluding carboxylic acids is 2. The van der Waals surface area contributed by atoms with Gasteiger partial charge in [-0.15, -0.1) is 11.3 Å². The number of ketones is 1. The third kappa shape index (κ3) is 2.73. The zero-order valence-electron chi connectivity index (χ0n) is 15.2. The molecule has 0 atom stereocenters. The molecule has 0 aliphatic heterocycles. The second kappa shape index (κ2) is 6.72. The van der Waals surface area contributed by atoms with Crippen LogP contribution < -0.4 is 4.90 Å². The molecule has 2 heterocycles. The van der Waals surface area contributed by atoms with Crippen molar-refractivity contribution < 1.29 is 24.0 Å². The molecule has 7 nitrogen and oxygen atoms in total. The lowest BCUT2D eigenvalue weighted by Crippen LogP contribution is -2.22. The molecule has 0 saturated heterocycles. The number of fused-ring (bicyclic) bond motifs is 3. The topological polar surface area (TPSA) is 101 Å². The number of para-hydroxylation sites is 1. The Balaban J connectivity index is 2.00. The highest BCUT2D eigenvalue weighted by Crippen LogP contribution is 2.49. The van der Waals surface area contributed by atoms with Gasteiger partial charge in [-0.3, -0.25) is 14.5 Å². The molecule has 28 heavy (non-hydrogen) atoms. The highest BCUT2D eigenvalue weighted by molar-refractivity contribution is 7.19. The number of hydrogen-bond donors (Lipinski definition) is 1. The van der Waals surface area contributed by atoms with Crippen LogP contribution in [0.1, 0.15) is 45.1 Å². The molecule has 0 saturated carbocycles. The molecule has 0 bridgehead atoms. The Morgan fingerprint density at radius 1 is 1.11 bits per heavy atom. The molecule has 0 fully saturated rings. The second-order valence-corrected chi connectivity index (χ2v) is 7.48. The van der Waals surface area contributed by atoms with Gasteiger partial charge < -0.3 is 9.63 Å². The molecule has 0 radical (unpaired) electrons. The largest absolute Gasteiger partial charge is 0.477 e. The van der Waals surface area contributed by atoms with E-state index in [-0.39, 0.29) is 22.3 Å². The molecular formula is C20H16N2O5S. The number of carbonyl (C=O) groups is 3. The third-order valence-electron chi connectivity index (χ3n) is 4.69. The van der Waals surface area contributed by atoms with Gasteiger partial charge in [-0.25, -0.2) is 4.79 Å². The van der Waals surface area contributed by atoms with Crippen LogP contribution in [0.15, 0.2) is 34.9 Å². The summed E-state index contributed by atoms with van der Waals surface area (Å²) in [6.45, 7) is 2.83. The van der Waals surface area contributed by atoms with E-state index in [1.165, 1.54) is 18.7 Å². The van der Waals surface area contributed by atoms with E-state index in [9.17, 15) is 19.5 Å². The minimum atomic E-state index is -1.06. The number of aromatic nitrogens is 1. The van der Waals surface area contributed by atoms with Crippen molar-refractivity contribution in [2.24, 2.45) is 0 Å². The average Bonchev–Trinajstić information content (AvgIpc) is 3.24. The van der Waals surface area contributed by atoms with Crippen LogP contribution in [0.25, 0.3) is 11.3 Å². The molecule has 1 N–H and O–H groups in total. The standard InChI is InChI=1S/C20H16N2O5S/c1-10(23)16-14-9-8-13-15(17(14)27-21-16)19(28-18(13)20(25)26)22(11(2)24)12-6-4-3-5-7-12/h3-7H,8-9H2,1-2H3,(H,25,26). The predicted octanol–water partition coefficient (Wildman–Crippen LogP) is 4.09. The Morgan fingerprint density at radius 2 is 1.79 bits per heavy atom. The first-order valence-electron chi connectivity index (χ1n) is 8.64. The fourth-order valence-corrected chi connectivity index (χ4v) is 4.79. The number of anilines is 2. The van der Waals surface area contributed by atoms with Gasteiger partial charge in [0, 0.05) is 25.1 Å². The summed E-state index contributed by atoms with van der Waals surface area (Å²) in [6.07, 6.45) is 0.894. The normalized spacial score (nSPS) is 12.2. The zero-order valence-corrected chi connectivity index (χ0v) is 16.0. The van der Waals surface area contributed by atoms with Crippen LogP contribution in [0.4, 0.5) is 10.7 Å². The first kappa shape index (κ1) is 18.1. The van der Waals surface area contributed by atoms with Crippen molar-refractivity contribution in [3.63, 3.8) is 0 Å². The van der Waals surface area contributed by atoms with Crippen molar-refractivity contribution in [2.75, 3.05) is 4.90 Å². The SMILES string of the molecule is CC(=O)c1noc2c1CCc1c(C(=O)O)sc(N(C(C)=O)c3ccccc3)c1-2. The van der Waals surface area contributed by atoms with Gasteiger partial charge in [0.15, 0.2) is 17.2 Å². The Bertz CT molecular complexity index is 1110. The van der Waals surface area contributed by atoms with Gasteiger partial charge in [-0.05, 0) is 30.5 Å². The summed E-state index contributed by atoms with van der Waals surface area (Å²) in [5.41, 5.74) is 2.67. The predicted molar refractivity (Wildman–Crippen MR) is 103 cm³/mol. The van der Waals surface area contributed by atoms with Crippen molar-refractivity contribution >= 4 is 39.7 Å². The first-order valence-corrected chi connectivity index (χ1v) is 9.46. The fourth-order valence-electron chi connectivity index (χ4n) is 3.54. The van der Waals surface area contributed by atoms with Gasteiger partial charge in [0.05, 0.1) is 5.56 Å². The number of benzene rings is 1. The second-order valence-electron chi connectivity index (χ2n) is 6.48. The maximum Gasteiger partial charge on any atom is 0.346 e. The lowest BCUT2D eigenvalue weighted by Gasteiger charge is -2.22. The number of aromatic carboxylic acids is 1. The molecule has 3 aromatic rings. The molecule has 1 aliphatic rings. The minimum absolute atomic E-state index is 0.165. The van der Waals surface area contributed by atoms with Crippen LogP contribution in [-0.2, 0) is 17.6 Å². The Labute approximate surface area is 164 Å². The minimum Gasteiger partial charge on any atom is -0.477 e. The Morgan fingerprint density at radius 3 is 2.39 bits per heavy atom. The van der Waals surface area contributed by atoms with E-state index in [0.29, 0.717) is 46.0 Å². The summed E-state index contributed by atoms with van der Waals surface area (Å²) in [4.78, 5) is 37.9. The maximum atomic E-state index is 12.5. The number of hydrogen-bond acceptors (Lipinski definition) is 6. The molecule has 1 aromatic carbocycles. The van der Waals surface area contributed by atoms with E-state index in [4.69, 9.17) is 4.52 Å². The van der Waals surface area contributed by atoms with Crippen molar-refractivity contribution in [1.29, 1.82) is 0 Å². The van der Waals surface area contributed by atoms with Crippen LogP contribution in [-0.4, -0.2) is 27.9 Å². The van der Waals surface area contributed by atoms with E-state index in [1.807, 2.05) is 6.07 Å². The smallest absolute Gasteiger partial charge is 0.346 e. The van der Waals surface area contributed by atoms with Gasteiger partial charge in [-0.2, -0.15) is 0 Å². The molecule has 0 unspecified atom stereocenters. The highest BCUT2D eigenvalue weighted by Gasteiger charge is 2.36. The van der Waals surface area contributed by atoms with Crippen molar-refractivity contribution in [2.45, 2.75) is 26.7 Å². The van der Waals surface area contributed by atoms with Gasteiger partial charge in [0.25, 0.3) is 0 Å². The summed E-state index contributed by atoms with van der Waals surface area (Å²) in [6, 6.07) is 8.99. The summed E-state index contributed by atoms with van der Waals surface area (Å²) in [5.74, 6) is -1.16. The maximum absolute atomic E-state index is 12.5. The number of thiophene rings is 1. The Kier molecular flexibility index (Phi) is 4.35. The number of carboxylic acid groups (broad SMARTS) is 1. The highest BCUT2D eigenvalue weighted by atomic mass is 32.1. The van der Waals surface area contributed by atoms with Gasteiger partial charge in [0.1, 0.15) is 9.88 Å². The van der Waals surface area contributed by atoms with E-state index >= 15 is 0 Å². The van der Waals surface area contributed by atoms with E-state index < -0.39 is 5.97 Å². The lowest BCUT2D eigenvalue weighted by molar-refractivity contribution is -0.115. The number of Topliss-reactive ketones (excluding diaryl/α,β-unsaturated/α-hetero) is 1. The summed E-state index contributed by atoms with van der Waals surface area (Å²) >= 11 is 1.03. The first-order chi connectivity index (χ1) is 13.4. The summed E-state index contributed by atoms with van der Waals surface area (Å²) in [7, 11) is 0. The van der Waals surface area contributed by atoms with Gasteiger partial charge in [0.2, 0.25) is 5.91 Å². The van der Waals surface area contributed by atoms with E-state index in [0.717, 1.165) is 11.3 Å². The zero-order chi connectivity index (χ0) is 20.0. The van der Waals surface area contributed by atoms with Crippen LogP contribution >= 0.6 is 11.3 Å². The van der Waals surface area contributed by atoms with E-state index in [1.54, 1.807) is 24.3 Å². The summed E-state index contributed by atoms with van der Waals surface area (Å²) < 4.78 is 5.48. The molecule has 142 valence electrons. The fraction of sp³-hybridized carbons (Fsp3) is 0.200. The molecule has 2 aromatic heterocycles. The van der Waals surface area contributed by atoms with Crippen molar-refractivity contribution in [3.05, 3.63) is 52.0 Å². The molecule has 0 spiro atoms. The average molecular weight is 396 g/mol. The number of rotatable bonds is 4.